The largest absolute Gasteiger partial charge is 0.491 e. The van der Waals surface area contributed by atoms with Gasteiger partial charge in [0, 0.05) is 13.6 Å². The Hall–Kier alpha value is -3.36. The van der Waals surface area contributed by atoms with E-state index in [2.05, 4.69) is 0 Å². The Balaban J connectivity index is 2.20. The molecule has 2 rings (SSSR count). The van der Waals surface area contributed by atoms with E-state index in [9.17, 15) is 19.2 Å². The number of benzene rings is 1. The number of Topliss-reactive ketones (excluding diaryl/α,β-unsaturated/α-hetero) is 1. The molecule has 0 saturated heterocycles. The first-order chi connectivity index (χ1) is 14.0. The Morgan fingerprint density at radius 1 is 1.07 bits per heavy atom. The van der Waals surface area contributed by atoms with E-state index in [-0.39, 0.29) is 35.5 Å². The smallest absolute Gasteiger partial charge is 0.338 e. The minimum Gasteiger partial charge on any atom is -0.491 e. The van der Waals surface area contributed by atoms with Crippen molar-refractivity contribution in [3.63, 3.8) is 0 Å². The summed E-state index contributed by atoms with van der Waals surface area (Å²) in [5.74, 6) is -1.08. The summed E-state index contributed by atoms with van der Waals surface area (Å²) in [5.41, 5.74) is 4.38. The third kappa shape index (κ3) is 5.16. The van der Waals surface area contributed by atoms with Gasteiger partial charge in [0.1, 0.15) is 17.1 Å². The molecule has 9 nitrogen and oxygen atoms in total. The van der Waals surface area contributed by atoms with Gasteiger partial charge in [-0.3, -0.25) is 18.7 Å². The van der Waals surface area contributed by atoms with Crippen molar-refractivity contribution < 1.29 is 19.1 Å². The zero-order valence-electron chi connectivity index (χ0n) is 17.8. The third-order valence-corrected chi connectivity index (χ3v) is 4.21. The van der Waals surface area contributed by atoms with Crippen LogP contribution < -0.4 is 21.7 Å². The lowest BCUT2D eigenvalue weighted by atomic mass is 10.1. The highest BCUT2D eigenvalue weighted by Crippen LogP contribution is 2.15. The fourth-order valence-electron chi connectivity index (χ4n) is 2.82. The van der Waals surface area contributed by atoms with Crippen LogP contribution in [-0.2, 0) is 18.3 Å². The number of esters is 1. The lowest BCUT2D eigenvalue weighted by molar-refractivity contribution is 0.0474. The molecular formula is C21H27N3O6. The maximum atomic E-state index is 12.6. The second-order valence-electron chi connectivity index (χ2n) is 7.60. The Morgan fingerprint density at radius 3 is 2.20 bits per heavy atom. The molecule has 0 fully saturated rings. The van der Waals surface area contributed by atoms with Crippen molar-refractivity contribution in [2.24, 2.45) is 13.0 Å². The average Bonchev–Trinajstić information content (AvgIpc) is 2.68. The van der Waals surface area contributed by atoms with Crippen molar-refractivity contribution >= 4 is 17.6 Å². The van der Waals surface area contributed by atoms with E-state index in [0.717, 1.165) is 4.57 Å². The molecule has 1 aromatic heterocycles. The molecule has 30 heavy (non-hydrogen) atoms. The van der Waals surface area contributed by atoms with Crippen LogP contribution in [0.1, 0.15) is 48.4 Å². The summed E-state index contributed by atoms with van der Waals surface area (Å²) in [5, 5.41) is 0. The molecular weight excluding hydrogens is 390 g/mol. The molecule has 2 N–H and O–H groups in total. The topological polar surface area (TPSA) is 123 Å². The molecule has 0 aliphatic carbocycles. The number of ketones is 1. The van der Waals surface area contributed by atoms with Gasteiger partial charge in [-0.05, 0) is 44.0 Å². The highest BCUT2D eigenvalue weighted by molar-refractivity contribution is 6.02. The maximum absolute atomic E-state index is 12.6. The molecule has 9 heteroatoms. The van der Waals surface area contributed by atoms with Crippen LogP contribution >= 0.6 is 0 Å². The molecule has 2 aromatic rings. The van der Waals surface area contributed by atoms with Crippen molar-refractivity contribution in [2.75, 3.05) is 12.3 Å². The van der Waals surface area contributed by atoms with E-state index in [0.29, 0.717) is 5.75 Å². The minimum absolute atomic E-state index is 0.00698. The van der Waals surface area contributed by atoms with Crippen molar-refractivity contribution in [1.29, 1.82) is 0 Å². The fourth-order valence-corrected chi connectivity index (χ4v) is 2.82. The molecule has 0 unspecified atom stereocenters. The molecule has 1 aromatic carbocycles. The summed E-state index contributed by atoms with van der Waals surface area (Å²) in [4.78, 5) is 49.6. The molecule has 0 radical (unpaired) electrons. The predicted molar refractivity (Wildman–Crippen MR) is 112 cm³/mol. The van der Waals surface area contributed by atoms with Crippen LogP contribution in [0.2, 0.25) is 0 Å². The van der Waals surface area contributed by atoms with Gasteiger partial charge in [0.15, 0.2) is 6.61 Å². The summed E-state index contributed by atoms with van der Waals surface area (Å²) >= 11 is 0. The lowest BCUT2D eigenvalue weighted by Gasteiger charge is -2.16. The van der Waals surface area contributed by atoms with Crippen LogP contribution in [0.4, 0.5) is 5.82 Å². The summed E-state index contributed by atoms with van der Waals surface area (Å²) in [6, 6.07) is 6.27. The van der Waals surface area contributed by atoms with E-state index in [1.807, 2.05) is 27.7 Å². The summed E-state index contributed by atoms with van der Waals surface area (Å²) < 4.78 is 12.5. The number of ether oxygens (including phenoxy) is 2. The second-order valence-corrected chi connectivity index (χ2v) is 7.60. The zero-order chi connectivity index (χ0) is 22.6. The maximum Gasteiger partial charge on any atom is 0.338 e. The Labute approximate surface area is 174 Å². The highest BCUT2D eigenvalue weighted by atomic mass is 16.5. The van der Waals surface area contributed by atoms with E-state index < -0.39 is 29.6 Å². The van der Waals surface area contributed by atoms with Crippen LogP contribution in [0, 0.1) is 5.92 Å². The molecule has 0 aliphatic heterocycles. The predicted octanol–water partition coefficient (Wildman–Crippen LogP) is 1.61. The summed E-state index contributed by atoms with van der Waals surface area (Å²) in [6.45, 7) is 7.07. The monoisotopic (exact) mass is 417 g/mol. The van der Waals surface area contributed by atoms with Gasteiger partial charge in [-0.1, -0.05) is 13.8 Å². The number of hydrogen-bond acceptors (Lipinski definition) is 7. The average molecular weight is 417 g/mol. The van der Waals surface area contributed by atoms with Gasteiger partial charge in [0.2, 0.25) is 5.78 Å². The first kappa shape index (κ1) is 22.9. The minimum atomic E-state index is -0.825. The number of nitrogens with zero attached hydrogens (tertiary/aromatic N) is 2. The number of rotatable bonds is 8. The van der Waals surface area contributed by atoms with Crippen LogP contribution in [0.25, 0.3) is 0 Å². The number of nitrogens with two attached hydrogens (primary N) is 1. The molecule has 0 saturated carbocycles. The lowest BCUT2D eigenvalue weighted by Crippen LogP contribution is -2.43. The van der Waals surface area contributed by atoms with Crippen LogP contribution in [0.15, 0.2) is 33.9 Å². The van der Waals surface area contributed by atoms with Crippen LogP contribution in [0.3, 0.4) is 0 Å². The molecule has 0 atom stereocenters. The number of aromatic nitrogens is 2. The number of nitrogen functional groups attached to an aromatic ring is 1. The van der Waals surface area contributed by atoms with Gasteiger partial charge in [0.05, 0.1) is 11.7 Å². The van der Waals surface area contributed by atoms with Crippen molar-refractivity contribution in [1.82, 2.24) is 9.13 Å². The molecule has 0 amide bonds. The van der Waals surface area contributed by atoms with Gasteiger partial charge in [0.25, 0.3) is 5.56 Å². The summed E-state index contributed by atoms with van der Waals surface area (Å²) in [7, 11) is 1.27. The Morgan fingerprint density at radius 2 is 1.67 bits per heavy atom. The highest BCUT2D eigenvalue weighted by Gasteiger charge is 2.23. The Bertz CT molecular complexity index is 1050. The molecule has 1 heterocycles. The molecule has 0 spiro atoms. The third-order valence-electron chi connectivity index (χ3n) is 4.21. The Kier molecular flexibility index (Phi) is 7.20. The first-order valence-electron chi connectivity index (χ1n) is 9.59. The van der Waals surface area contributed by atoms with E-state index in [1.165, 1.54) is 23.7 Å². The van der Waals surface area contributed by atoms with Gasteiger partial charge < -0.3 is 15.2 Å². The molecule has 0 bridgehead atoms. The van der Waals surface area contributed by atoms with Gasteiger partial charge >= 0.3 is 11.7 Å². The first-order valence-corrected chi connectivity index (χ1v) is 9.59. The number of carbonyl (C=O) groups excluding carboxylic acids is 2. The van der Waals surface area contributed by atoms with Crippen LogP contribution in [-0.4, -0.2) is 33.6 Å². The normalized spacial score (nSPS) is 11.0. The van der Waals surface area contributed by atoms with E-state index >= 15 is 0 Å². The second kappa shape index (κ2) is 9.43. The van der Waals surface area contributed by atoms with E-state index in [1.54, 1.807) is 12.1 Å². The van der Waals surface area contributed by atoms with Gasteiger partial charge in [-0.25, -0.2) is 9.59 Å². The number of carbonyl (C=O) groups is 2. The van der Waals surface area contributed by atoms with Gasteiger partial charge in [-0.2, -0.15) is 0 Å². The molecule has 162 valence electrons. The zero-order valence-corrected chi connectivity index (χ0v) is 17.8. The van der Waals surface area contributed by atoms with Crippen molar-refractivity contribution in [3.8, 4) is 5.75 Å². The van der Waals surface area contributed by atoms with Gasteiger partial charge in [-0.15, -0.1) is 0 Å². The van der Waals surface area contributed by atoms with E-state index in [4.69, 9.17) is 15.2 Å². The van der Waals surface area contributed by atoms with Crippen molar-refractivity contribution in [2.45, 2.75) is 40.3 Å². The van der Waals surface area contributed by atoms with Crippen LogP contribution in [0.5, 0.6) is 5.75 Å². The van der Waals surface area contributed by atoms with Crippen molar-refractivity contribution in [3.05, 3.63) is 56.2 Å². The summed E-state index contributed by atoms with van der Waals surface area (Å²) in [6.07, 6.45) is -0.00698. The number of hydrogen-bond donors (Lipinski definition) is 1. The number of anilines is 1. The quantitative estimate of drug-likeness (QED) is 0.511. The fraction of sp³-hybridized carbons (Fsp3) is 0.429. The standard InChI is InChI=1S/C21H27N3O6/c1-12(2)10-24-18(22)17(19(26)23(5)21(24)28)16(25)11-29-20(27)14-6-8-15(9-7-14)30-13(3)4/h6-9,12-13H,10-11,22H2,1-5H3. The SMILES string of the molecule is CC(C)Cn1c(N)c(C(=O)COC(=O)c2ccc(OC(C)C)cc2)c(=O)n(C)c1=O. The molecule has 0 aliphatic rings.